The van der Waals surface area contributed by atoms with Gasteiger partial charge in [0.2, 0.25) is 0 Å². The van der Waals surface area contributed by atoms with Crippen LogP contribution in [-0.4, -0.2) is 5.16 Å². The van der Waals surface area contributed by atoms with E-state index in [4.69, 9.17) is 4.52 Å². The van der Waals surface area contributed by atoms with Crippen LogP contribution in [0.2, 0.25) is 0 Å². The Morgan fingerprint density at radius 1 is 1.64 bits per heavy atom. The van der Waals surface area contributed by atoms with Gasteiger partial charge in [-0.05, 0) is 28.8 Å². The highest BCUT2D eigenvalue weighted by molar-refractivity contribution is 9.10. The molecule has 1 unspecified atom stereocenters. The highest BCUT2D eigenvalue weighted by Crippen LogP contribution is 2.36. The number of aryl methyl sites for hydroxylation is 1. The van der Waals surface area contributed by atoms with E-state index in [9.17, 15) is 4.39 Å². The molecular weight excluding hydrogens is 213 g/mol. The van der Waals surface area contributed by atoms with E-state index in [2.05, 4.69) is 21.1 Å². The van der Waals surface area contributed by atoms with Crippen LogP contribution in [0.1, 0.15) is 30.3 Å². The Hall–Kier alpha value is -0.380. The summed E-state index contributed by atoms with van der Waals surface area (Å²) in [5.41, 5.74) is 0.622. The number of hydrogen-bond donors (Lipinski definition) is 0. The zero-order chi connectivity index (χ0) is 7.84. The first-order valence-corrected chi connectivity index (χ1v) is 4.36. The lowest BCUT2D eigenvalue weighted by molar-refractivity contribution is 0.282. The Morgan fingerprint density at radius 2 is 2.45 bits per heavy atom. The second-order valence-electron chi connectivity index (χ2n) is 2.67. The maximum atomic E-state index is 13.1. The van der Waals surface area contributed by atoms with Gasteiger partial charge in [-0.25, -0.2) is 4.39 Å². The first kappa shape index (κ1) is 7.28. The molecule has 0 aromatic carbocycles. The van der Waals surface area contributed by atoms with Crippen LogP contribution in [0.3, 0.4) is 0 Å². The number of alkyl halides is 1. The van der Waals surface area contributed by atoms with E-state index in [1.165, 1.54) is 0 Å². The number of fused-ring (bicyclic) bond motifs is 1. The van der Waals surface area contributed by atoms with Crippen molar-refractivity contribution in [2.24, 2.45) is 0 Å². The highest BCUT2D eigenvalue weighted by atomic mass is 79.9. The van der Waals surface area contributed by atoms with Crippen molar-refractivity contribution in [2.45, 2.75) is 25.4 Å². The second kappa shape index (κ2) is 2.59. The molecule has 1 aromatic rings. The molecule has 2 nitrogen and oxygen atoms in total. The summed E-state index contributed by atoms with van der Waals surface area (Å²) in [4.78, 5) is 0. The van der Waals surface area contributed by atoms with E-state index >= 15 is 0 Å². The van der Waals surface area contributed by atoms with Crippen molar-refractivity contribution in [1.29, 1.82) is 0 Å². The summed E-state index contributed by atoms with van der Waals surface area (Å²) in [6.07, 6.45) is 1.37. The smallest absolute Gasteiger partial charge is 0.155 e. The molecule has 1 aliphatic carbocycles. The van der Waals surface area contributed by atoms with Crippen molar-refractivity contribution >= 4 is 15.9 Å². The van der Waals surface area contributed by atoms with Crippen molar-refractivity contribution in [3.8, 4) is 0 Å². The number of rotatable bonds is 0. The van der Waals surface area contributed by atoms with Gasteiger partial charge in [-0.2, -0.15) is 0 Å². The van der Waals surface area contributed by atoms with E-state index in [-0.39, 0.29) is 0 Å². The standard InChI is InChI=1S/C7H7BrFNO/c8-7-6-4(9)2-1-3-5(6)11-10-7/h4H,1-3H2. The highest BCUT2D eigenvalue weighted by Gasteiger charge is 2.26. The molecule has 1 heterocycles. The number of nitrogens with zero attached hydrogens (tertiary/aromatic N) is 1. The number of halogens is 2. The normalized spacial score (nSPS) is 23.3. The maximum Gasteiger partial charge on any atom is 0.155 e. The molecule has 0 bridgehead atoms. The predicted molar refractivity (Wildman–Crippen MR) is 41.0 cm³/mol. The van der Waals surface area contributed by atoms with E-state index in [0.717, 1.165) is 12.8 Å². The number of aromatic nitrogens is 1. The molecule has 1 aromatic heterocycles. The van der Waals surface area contributed by atoms with E-state index in [1.807, 2.05) is 0 Å². The summed E-state index contributed by atoms with van der Waals surface area (Å²) < 4.78 is 18.6. The number of hydrogen-bond acceptors (Lipinski definition) is 2. The van der Waals surface area contributed by atoms with Crippen LogP contribution >= 0.6 is 15.9 Å². The topological polar surface area (TPSA) is 26.0 Å². The lowest BCUT2D eigenvalue weighted by Gasteiger charge is -2.12. The van der Waals surface area contributed by atoms with Crippen LogP contribution < -0.4 is 0 Å². The summed E-state index contributed by atoms with van der Waals surface area (Å²) in [7, 11) is 0. The summed E-state index contributed by atoms with van der Waals surface area (Å²) >= 11 is 3.15. The fourth-order valence-electron chi connectivity index (χ4n) is 1.38. The average Bonchev–Trinajstić information content (AvgIpc) is 2.34. The molecule has 0 saturated heterocycles. The Labute approximate surface area is 71.9 Å². The molecule has 0 spiro atoms. The van der Waals surface area contributed by atoms with Gasteiger partial charge in [-0.1, -0.05) is 5.16 Å². The first-order chi connectivity index (χ1) is 5.29. The predicted octanol–water partition coefficient (Wildman–Crippen LogP) is 2.78. The van der Waals surface area contributed by atoms with Crippen molar-refractivity contribution in [2.75, 3.05) is 0 Å². The monoisotopic (exact) mass is 219 g/mol. The summed E-state index contributed by atoms with van der Waals surface area (Å²) in [6, 6.07) is 0. The van der Waals surface area contributed by atoms with Crippen LogP contribution in [0.15, 0.2) is 9.13 Å². The van der Waals surface area contributed by atoms with Gasteiger partial charge in [0, 0.05) is 6.42 Å². The van der Waals surface area contributed by atoms with Gasteiger partial charge < -0.3 is 4.52 Å². The van der Waals surface area contributed by atoms with Gasteiger partial charge >= 0.3 is 0 Å². The quantitative estimate of drug-likeness (QED) is 0.671. The van der Waals surface area contributed by atoms with Crippen molar-refractivity contribution in [1.82, 2.24) is 5.16 Å². The summed E-state index contributed by atoms with van der Waals surface area (Å²) in [5, 5.41) is 3.65. The largest absolute Gasteiger partial charge is 0.360 e. The molecule has 1 aliphatic rings. The lowest BCUT2D eigenvalue weighted by atomic mass is 9.97. The Balaban J connectivity index is 2.48. The zero-order valence-corrected chi connectivity index (χ0v) is 7.40. The van der Waals surface area contributed by atoms with Crippen LogP contribution in [0, 0.1) is 0 Å². The minimum absolute atomic E-state index is 0.528. The molecule has 0 fully saturated rings. The van der Waals surface area contributed by atoms with E-state index in [0.29, 0.717) is 22.3 Å². The van der Waals surface area contributed by atoms with Gasteiger partial charge in [0.25, 0.3) is 0 Å². The molecular formula is C7H7BrFNO. The van der Waals surface area contributed by atoms with Gasteiger partial charge in [-0.3, -0.25) is 0 Å². The Morgan fingerprint density at radius 3 is 3.18 bits per heavy atom. The lowest BCUT2D eigenvalue weighted by Crippen LogP contribution is -2.03. The van der Waals surface area contributed by atoms with Gasteiger partial charge in [-0.15, -0.1) is 0 Å². The molecule has 0 N–H and O–H groups in total. The van der Waals surface area contributed by atoms with Crippen LogP contribution in [0.5, 0.6) is 0 Å². The van der Waals surface area contributed by atoms with Gasteiger partial charge in [0.1, 0.15) is 11.9 Å². The maximum absolute atomic E-state index is 13.1. The van der Waals surface area contributed by atoms with Crippen LogP contribution in [0.4, 0.5) is 4.39 Å². The molecule has 2 rings (SSSR count). The van der Waals surface area contributed by atoms with Crippen molar-refractivity contribution < 1.29 is 8.91 Å². The second-order valence-corrected chi connectivity index (χ2v) is 3.42. The molecule has 11 heavy (non-hydrogen) atoms. The molecule has 4 heteroatoms. The van der Waals surface area contributed by atoms with Gasteiger partial charge in [0.05, 0.1) is 5.56 Å². The van der Waals surface area contributed by atoms with E-state index < -0.39 is 6.17 Å². The van der Waals surface area contributed by atoms with Gasteiger partial charge in [0.15, 0.2) is 4.60 Å². The minimum Gasteiger partial charge on any atom is -0.360 e. The third-order valence-electron chi connectivity index (χ3n) is 1.93. The SMILES string of the molecule is FC1CCCc2onc(Br)c21. The molecule has 0 saturated carbocycles. The Kier molecular flexibility index (Phi) is 1.71. The zero-order valence-electron chi connectivity index (χ0n) is 5.81. The summed E-state index contributed by atoms with van der Waals surface area (Å²) in [6.45, 7) is 0. The molecule has 0 aliphatic heterocycles. The Bertz CT molecular complexity index is 273. The van der Waals surface area contributed by atoms with E-state index in [1.54, 1.807) is 0 Å². The average molecular weight is 220 g/mol. The fraction of sp³-hybridized carbons (Fsp3) is 0.571. The third-order valence-corrected chi connectivity index (χ3v) is 2.51. The first-order valence-electron chi connectivity index (χ1n) is 3.57. The fourth-order valence-corrected chi connectivity index (χ4v) is 1.92. The molecule has 0 radical (unpaired) electrons. The van der Waals surface area contributed by atoms with Crippen LogP contribution in [0.25, 0.3) is 0 Å². The molecule has 60 valence electrons. The van der Waals surface area contributed by atoms with Crippen molar-refractivity contribution in [3.05, 3.63) is 15.9 Å². The molecule has 1 atom stereocenters. The molecule has 0 amide bonds. The summed E-state index contributed by atoms with van der Waals surface area (Å²) in [5.74, 6) is 0.704. The minimum atomic E-state index is -0.889. The van der Waals surface area contributed by atoms with Crippen molar-refractivity contribution in [3.63, 3.8) is 0 Å². The third kappa shape index (κ3) is 1.09. The van der Waals surface area contributed by atoms with Crippen LogP contribution in [-0.2, 0) is 6.42 Å².